The summed E-state index contributed by atoms with van der Waals surface area (Å²) in [5.41, 5.74) is 2.71. The van der Waals surface area contributed by atoms with Gasteiger partial charge in [0, 0.05) is 38.4 Å². The van der Waals surface area contributed by atoms with Crippen LogP contribution in [0.1, 0.15) is 45.5 Å². The van der Waals surface area contributed by atoms with Crippen molar-refractivity contribution in [1.82, 2.24) is 20.0 Å². The molecular formula is C18H33N5. The smallest absolute Gasteiger partial charge is 0.193 e. The summed E-state index contributed by atoms with van der Waals surface area (Å²) < 4.78 is 2.10. The van der Waals surface area contributed by atoms with Crippen molar-refractivity contribution >= 4 is 5.96 Å². The number of guanidine groups is 1. The fraction of sp³-hybridized carbons (Fsp3) is 0.778. The Balaban J connectivity index is 1.95. The SMILES string of the molecule is CCNC(=NCC(C)Cn1nc(C)cc1C)N1CCC(C)(C)C1. The highest BCUT2D eigenvalue weighted by Gasteiger charge is 2.30. The molecule has 1 N–H and O–H groups in total. The third-order valence-corrected chi connectivity index (χ3v) is 4.45. The van der Waals surface area contributed by atoms with Gasteiger partial charge in [-0.05, 0) is 44.6 Å². The van der Waals surface area contributed by atoms with Crippen molar-refractivity contribution in [3.05, 3.63) is 17.5 Å². The first-order chi connectivity index (χ1) is 10.8. The summed E-state index contributed by atoms with van der Waals surface area (Å²) in [6, 6.07) is 2.13. The van der Waals surface area contributed by atoms with E-state index in [-0.39, 0.29) is 0 Å². The largest absolute Gasteiger partial charge is 0.357 e. The highest BCUT2D eigenvalue weighted by molar-refractivity contribution is 5.80. The van der Waals surface area contributed by atoms with Crippen molar-refractivity contribution in [3.8, 4) is 0 Å². The van der Waals surface area contributed by atoms with Crippen LogP contribution in [0, 0.1) is 25.2 Å². The van der Waals surface area contributed by atoms with Crippen LogP contribution in [0.3, 0.4) is 0 Å². The molecule has 1 aliphatic heterocycles. The maximum Gasteiger partial charge on any atom is 0.193 e. The molecule has 1 atom stereocenters. The molecule has 23 heavy (non-hydrogen) atoms. The van der Waals surface area contributed by atoms with Gasteiger partial charge < -0.3 is 10.2 Å². The number of nitrogens with zero attached hydrogens (tertiary/aromatic N) is 4. The van der Waals surface area contributed by atoms with E-state index in [4.69, 9.17) is 4.99 Å². The molecule has 0 saturated carbocycles. The van der Waals surface area contributed by atoms with E-state index < -0.39 is 0 Å². The zero-order chi connectivity index (χ0) is 17.0. The number of aromatic nitrogens is 2. The van der Waals surface area contributed by atoms with Crippen molar-refractivity contribution in [2.24, 2.45) is 16.3 Å². The van der Waals surface area contributed by atoms with Crippen LogP contribution in [-0.2, 0) is 6.54 Å². The highest BCUT2D eigenvalue weighted by atomic mass is 15.3. The minimum atomic E-state index is 0.394. The molecule has 1 unspecified atom stereocenters. The molecule has 1 aromatic rings. The minimum Gasteiger partial charge on any atom is -0.357 e. The summed E-state index contributed by atoms with van der Waals surface area (Å²) >= 11 is 0. The molecule has 2 heterocycles. The summed E-state index contributed by atoms with van der Waals surface area (Å²) in [6.07, 6.45) is 1.23. The zero-order valence-corrected chi connectivity index (χ0v) is 15.7. The first-order valence-electron chi connectivity index (χ1n) is 8.85. The summed E-state index contributed by atoms with van der Waals surface area (Å²) in [4.78, 5) is 7.29. The van der Waals surface area contributed by atoms with Gasteiger partial charge in [0.15, 0.2) is 5.96 Å². The van der Waals surface area contributed by atoms with Crippen molar-refractivity contribution in [2.45, 2.75) is 54.5 Å². The number of hydrogen-bond donors (Lipinski definition) is 1. The van der Waals surface area contributed by atoms with Crippen LogP contribution in [0.5, 0.6) is 0 Å². The van der Waals surface area contributed by atoms with E-state index in [1.165, 1.54) is 12.1 Å². The molecule has 1 aromatic heterocycles. The number of hydrogen-bond acceptors (Lipinski definition) is 2. The molecule has 1 aliphatic rings. The second-order valence-electron chi connectivity index (χ2n) is 7.74. The minimum absolute atomic E-state index is 0.394. The lowest BCUT2D eigenvalue weighted by molar-refractivity contribution is 0.368. The lowest BCUT2D eigenvalue weighted by Crippen LogP contribution is -2.41. The predicted octanol–water partition coefficient (Wildman–Crippen LogP) is 2.83. The van der Waals surface area contributed by atoms with Gasteiger partial charge in [0.1, 0.15) is 0 Å². The normalized spacial score (nSPS) is 19.2. The van der Waals surface area contributed by atoms with Gasteiger partial charge in [0.05, 0.1) is 5.69 Å². The predicted molar refractivity (Wildman–Crippen MR) is 96.8 cm³/mol. The lowest BCUT2D eigenvalue weighted by Gasteiger charge is -2.24. The van der Waals surface area contributed by atoms with E-state index in [9.17, 15) is 0 Å². The van der Waals surface area contributed by atoms with Crippen molar-refractivity contribution in [2.75, 3.05) is 26.2 Å². The van der Waals surface area contributed by atoms with Gasteiger partial charge in [-0.15, -0.1) is 0 Å². The Bertz CT molecular complexity index is 544. The molecule has 0 radical (unpaired) electrons. The fourth-order valence-corrected chi connectivity index (χ4v) is 3.17. The number of aliphatic imine (C=N–C) groups is 1. The van der Waals surface area contributed by atoms with Crippen LogP contribution in [0.15, 0.2) is 11.1 Å². The summed E-state index contributed by atoms with van der Waals surface area (Å²) in [5, 5.41) is 8.00. The average molecular weight is 319 g/mol. The molecule has 5 nitrogen and oxygen atoms in total. The molecule has 0 aromatic carbocycles. The first kappa shape index (κ1) is 17.8. The number of aryl methyl sites for hydroxylation is 2. The van der Waals surface area contributed by atoms with Crippen molar-refractivity contribution < 1.29 is 0 Å². The molecule has 0 amide bonds. The molecule has 1 fully saturated rings. The standard InChI is InChI=1S/C18H33N5/c1-7-19-17(22-9-8-18(5,6)13-22)20-11-14(2)12-23-16(4)10-15(3)21-23/h10,14H,7-9,11-13H2,1-6H3,(H,19,20). The summed E-state index contributed by atoms with van der Waals surface area (Å²) in [6.45, 7) is 18.1. The van der Waals surface area contributed by atoms with Gasteiger partial charge in [-0.1, -0.05) is 20.8 Å². The van der Waals surface area contributed by atoms with Crippen LogP contribution in [0.2, 0.25) is 0 Å². The summed E-state index contributed by atoms with van der Waals surface area (Å²) in [5.74, 6) is 1.54. The van der Waals surface area contributed by atoms with Crippen LogP contribution >= 0.6 is 0 Å². The first-order valence-corrected chi connectivity index (χ1v) is 8.85. The van der Waals surface area contributed by atoms with Gasteiger partial charge in [0.2, 0.25) is 0 Å². The van der Waals surface area contributed by atoms with E-state index in [2.05, 4.69) is 60.7 Å². The van der Waals surface area contributed by atoms with E-state index in [0.717, 1.165) is 44.4 Å². The van der Waals surface area contributed by atoms with Gasteiger partial charge in [0.25, 0.3) is 0 Å². The van der Waals surface area contributed by atoms with Crippen LogP contribution in [0.4, 0.5) is 0 Å². The monoisotopic (exact) mass is 319 g/mol. The van der Waals surface area contributed by atoms with Gasteiger partial charge in [-0.2, -0.15) is 5.10 Å². The molecular weight excluding hydrogens is 286 g/mol. The zero-order valence-electron chi connectivity index (χ0n) is 15.7. The van der Waals surface area contributed by atoms with Crippen molar-refractivity contribution in [3.63, 3.8) is 0 Å². The van der Waals surface area contributed by atoms with Gasteiger partial charge in [-0.3, -0.25) is 9.67 Å². The number of rotatable bonds is 5. The molecule has 0 aliphatic carbocycles. The quantitative estimate of drug-likeness (QED) is 0.670. The number of nitrogens with one attached hydrogen (secondary N) is 1. The maximum atomic E-state index is 4.88. The Labute approximate surface area is 141 Å². The Hall–Kier alpha value is -1.52. The molecule has 0 spiro atoms. The van der Waals surface area contributed by atoms with Crippen LogP contribution < -0.4 is 5.32 Å². The van der Waals surface area contributed by atoms with Crippen LogP contribution in [0.25, 0.3) is 0 Å². The molecule has 1 saturated heterocycles. The second-order valence-corrected chi connectivity index (χ2v) is 7.74. The molecule has 0 bridgehead atoms. The molecule has 130 valence electrons. The molecule has 2 rings (SSSR count). The second kappa shape index (κ2) is 7.37. The maximum absolute atomic E-state index is 4.88. The topological polar surface area (TPSA) is 45.5 Å². The third kappa shape index (κ3) is 4.98. The molecule has 5 heteroatoms. The van der Waals surface area contributed by atoms with E-state index in [1.807, 2.05) is 6.92 Å². The fourth-order valence-electron chi connectivity index (χ4n) is 3.17. The highest BCUT2D eigenvalue weighted by Crippen LogP contribution is 2.28. The summed E-state index contributed by atoms with van der Waals surface area (Å²) in [7, 11) is 0. The third-order valence-electron chi connectivity index (χ3n) is 4.45. The Morgan fingerprint density at radius 3 is 2.70 bits per heavy atom. The lowest BCUT2D eigenvalue weighted by atomic mass is 9.93. The Morgan fingerprint density at radius 1 is 1.43 bits per heavy atom. The van der Waals surface area contributed by atoms with E-state index >= 15 is 0 Å². The Kier molecular flexibility index (Phi) is 5.71. The number of likely N-dealkylation sites (tertiary alicyclic amines) is 1. The average Bonchev–Trinajstić information content (AvgIpc) is 2.97. The van der Waals surface area contributed by atoms with Crippen LogP contribution in [-0.4, -0.2) is 46.8 Å². The van der Waals surface area contributed by atoms with E-state index in [1.54, 1.807) is 0 Å². The van der Waals surface area contributed by atoms with E-state index in [0.29, 0.717) is 11.3 Å². The van der Waals surface area contributed by atoms with Gasteiger partial charge in [-0.25, -0.2) is 0 Å². The van der Waals surface area contributed by atoms with Gasteiger partial charge >= 0.3 is 0 Å². The Morgan fingerprint density at radius 2 is 2.17 bits per heavy atom. The van der Waals surface area contributed by atoms with Crippen molar-refractivity contribution in [1.29, 1.82) is 0 Å².